The summed E-state index contributed by atoms with van der Waals surface area (Å²) < 4.78 is 15.0. The molecule has 0 aliphatic rings. The minimum Gasteiger partial charge on any atom is -0.456 e. The van der Waals surface area contributed by atoms with Crippen LogP contribution in [0.5, 0.6) is 0 Å². The van der Waals surface area contributed by atoms with E-state index in [2.05, 4.69) is 120 Å². The third-order valence-corrected chi connectivity index (χ3v) is 11.1. The molecular formula is C51H30N4O2. The Kier molecular flexibility index (Phi) is 6.83. The summed E-state index contributed by atoms with van der Waals surface area (Å²) in [6.07, 6.45) is 0. The molecule has 12 aromatic rings. The Morgan fingerprint density at radius 3 is 1.58 bits per heavy atom. The van der Waals surface area contributed by atoms with Gasteiger partial charge < -0.3 is 13.4 Å². The molecule has 57 heavy (non-hydrogen) atoms. The van der Waals surface area contributed by atoms with Gasteiger partial charge in [-0.15, -0.1) is 0 Å². The normalized spacial score (nSPS) is 11.9. The molecule has 0 saturated heterocycles. The lowest BCUT2D eigenvalue weighted by atomic mass is 10.0. The predicted molar refractivity (Wildman–Crippen MR) is 230 cm³/mol. The summed E-state index contributed by atoms with van der Waals surface area (Å²) in [4.78, 5) is 15.0. The van der Waals surface area contributed by atoms with Gasteiger partial charge in [0.25, 0.3) is 0 Å². The third kappa shape index (κ3) is 5.08. The van der Waals surface area contributed by atoms with Crippen LogP contribution in [0.15, 0.2) is 191 Å². The van der Waals surface area contributed by atoms with Crippen LogP contribution in [0.3, 0.4) is 0 Å². The SMILES string of the molecule is c1ccc(-c2nc(-c3ccc4c(c3)oc3ccc(-c5ccc6c7ccccc7n(-c7ccccc7)c6c5)cc34)nc(-c3ccc4oc5ccccc5c4c3)n2)cc1. The maximum Gasteiger partial charge on any atom is 0.164 e. The quantitative estimate of drug-likeness (QED) is 0.176. The zero-order valence-corrected chi connectivity index (χ0v) is 30.4. The summed E-state index contributed by atoms with van der Waals surface area (Å²) in [5.74, 6) is 1.76. The number of hydrogen-bond donors (Lipinski definition) is 0. The van der Waals surface area contributed by atoms with Crippen molar-refractivity contribution in [2.24, 2.45) is 0 Å². The average Bonchev–Trinajstić information content (AvgIpc) is 3.95. The number of nitrogens with zero attached hydrogens (tertiary/aromatic N) is 4. The molecule has 0 atom stereocenters. The number of benzene rings is 8. The first-order valence-corrected chi connectivity index (χ1v) is 19.0. The first-order valence-electron chi connectivity index (χ1n) is 19.0. The van der Waals surface area contributed by atoms with Crippen LogP contribution in [-0.2, 0) is 0 Å². The Morgan fingerprint density at radius 1 is 0.298 bits per heavy atom. The van der Waals surface area contributed by atoms with E-state index in [0.29, 0.717) is 17.5 Å². The lowest BCUT2D eigenvalue weighted by Gasteiger charge is -2.09. The van der Waals surface area contributed by atoms with Gasteiger partial charge in [0.05, 0.1) is 11.0 Å². The van der Waals surface area contributed by atoms with Gasteiger partial charge in [-0.25, -0.2) is 15.0 Å². The zero-order chi connectivity index (χ0) is 37.5. The Balaban J connectivity index is 0.971. The molecule has 12 rings (SSSR count). The molecule has 0 radical (unpaired) electrons. The first kappa shape index (κ1) is 31.5. The van der Waals surface area contributed by atoms with Crippen molar-refractivity contribution in [3.05, 3.63) is 182 Å². The molecule has 0 N–H and O–H groups in total. The molecule has 0 saturated carbocycles. The second-order valence-corrected chi connectivity index (χ2v) is 14.4. The standard InChI is InChI=1S/C51H30N4O2/c1-3-11-31(12-4-1)49-52-50(34-22-26-46-42(28-34)39-16-8-10-18-45(39)56-46)54-51(53-49)35-20-24-40-41-27-32(21-25-47(41)57-48(40)30-35)33-19-23-38-37-15-7-9-17-43(37)55(44(38)29-33)36-13-5-2-6-14-36/h1-30H. The van der Waals surface area contributed by atoms with Crippen molar-refractivity contribution < 1.29 is 8.83 Å². The van der Waals surface area contributed by atoms with Crippen molar-refractivity contribution in [3.8, 4) is 51.0 Å². The van der Waals surface area contributed by atoms with Gasteiger partial charge in [0.2, 0.25) is 0 Å². The zero-order valence-electron chi connectivity index (χ0n) is 30.4. The summed E-state index contributed by atoms with van der Waals surface area (Å²) >= 11 is 0. The highest BCUT2D eigenvalue weighted by Gasteiger charge is 2.18. The van der Waals surface area contributed by atoms with E-state index in [0.717, 1.165) is 77.4 Å². The molecule has 4 heterocycles. The smallest absolute Gasteiger partial charge is 0.164 e. The number of aromatic nitrogens is 4. The van der Waals surface area contributed by atoms with Crippen LogP contribution in [0.25, 0.3) is 117 Å². The topological polar surface area (TPSA) is 69.9 Å². The molecule has 0 aliphatic heterocycles. The van der Waals surface area contributed by atoms with Gasteiger partial charge in [0.1, 0.15) is 22.3 Å². The van der Waals surface area contributed by atoms with E-state index in [-0.39, 0.29) is 0 Å². The minimum atomic E-state index is 0.571. The maximum atomic E-state index is 6.52. The number of fused-ring (bicyclic) bond motifs is 9. The molecule has 4 aromatic heterocycles. The van der Waals surface area contributed by atoms with E-state index >= 15 is 0 Å². The molecule has 8 aromatic carbocycles. The van der Waals surface area contributed by atoms with Crippen molar-refractivity contribution in [2.75, 3.05) is 0 Å². The van der Waals surface area contributed by atoms with Crippen LogP contribution < -0.4 is 0 Å². The molecule has 0 spiro atoms. The maximum absolute atomic E-state index is 6.52. The second kappa shape index (κ2) is 12.3. The van der Waals surface area contributed by atoms with E-state index in [1.165, 1.54) is 21.8 Å². The van der Waals surface area contributed by atoms with Crippen molar-refractivity contribution >= 4 is 65.7 Å². The fraction of sp³-hybridized carbons (Fsp3) is 0. The van der Waals surface area contributed by atoms with Crippen molar-refractivity contribution in [1.82, 2.24) is 19.5 Å². The highest BCUT2D eigenvalue weighted by molar-refractivity contribution is 6.11. The molecule has 0 fully saturated rings. The number of furan rings is 2. The Morgan fingerprint density at radius 2 is 0.789 bits per heavy atom. The minimum absolute atomic E-state index is 0.571. The van der Waals surface area contributed by atoms with Gasteiger partial charge in [-0.2, -0.15) is 0 Å². The molecule has 0 bridgehead atoms. The second-order valence-electron chi connectivity index (χ2n) is 14.4. The van der Waals surface area contributed by atoms with Gasteiger partial charge in [-0.05, 0) is 83.9 Å². The van der Waals surface area contributed by atoms with Crippen LogP contribution in [0.1, 0.15) is 0 Å². The summed E-state index contributed by atoms with van der Waals surface area (Å²) in [5, 5.41) is 6.63. The van der Waals surface area contributed by atoms with Crippen LogP contribution in [-0.4, -0.2) is 19.5 Å². The van der Waals surface area contributed by atoms with Gasteiger partial charge in [-0.1, -0.05) is 109 Å². The molecule has 0 amide bonds. The van der Waals surface area contributed by atoms with Gasteiger partial charge in [-0.3, -0.25) is 0 Å². The highest BCUT2D eigenvalue weighted by atomic mass is 16.3. The largest absolute Gasteiger partial charge is 0.456 e. The van der Waals surface area contributed by atoms with E-state index in [4.69, 9.17) is 23.8 Å². The lowest BCUT2D eigenvalue weighted by Crippen LogP contribution is -2.00. The molecule has 0 aliphatic carbocycles. The van der Waals surface area contributed by atoms with Crippen molar-refractivity contribution in [2.45, 2.75) is 0 Å². The predicted octanol–water partition coefficient (Wildman–Crippen LogP) is 13.4. The molecule has 6 nitrogen and oxygen atoms in total. The Bertz CT molecular complexity index is 3530. The average molecular weight is 731 g/mol. The summed E-state index contributed by atoms with van der Waals surface area (Å²) in [6, 6.07) is 62.9. The lowest BCUT2D eigenvalue weighted by molar-refractivity contribution is 0.668. The van der Waals surface area contributed by atoms with E-state index in [9.17, 15) is 0 Å². The van der Waals surface area contributed by atoms with E-state index < -0.39 is 0 Å². The van der Waals surface area contributed by atoms with Crippen LogP contribution >= 0.6 is 0 Å². The summed E-state index contributed by atoms with van der Waals surface area (Å²) in [7, 11) is 0. The number of hydrogen-bond acceptors (Lipinski definition) is 5. The Hall–Kier alpha value is -7.83. The number of rotatable bonds is 5. The Labute approximate surface area is 325 Å². The van der Waals surface area contributed by atoms with Crippen LogP contribution in [0.4, 0.5) is 0 Å². The molecule has 0 unspecified atom stereocenters. The third-order valence-electron chi connectivity index (χ3n) is 11.1. The first-order chi connectivity index (χ1) is 28.2. The molecular weight excluding hydrogens is 701 g/mol. The fourth-order valence-corrected chi connectivity index (χ4v) is 8.32. The highest BCUT2D eigenvalue weighted by Crippen LogP contribution is 2.39. The monoisotopic (exact) mass is 730 g/mol. The molecule has 6 heteroatoms. The summed E-state index contributed by atoms with van der Waals surface area (Å²) in [5.41, 5.74) is 11.7. The van der Waals surface area contributed by atoms with Crippen LogP contribution in [0.2, 0.25) is 0 Å². The van der Waals surface area contributed by atoms with Gasteiger partial charge in [0, 0.05) is 54.7 Å². The van der Waals surface area contributed by atoms with E-state index in [1.807, 2.05) is 66.7 Å². The van der Waals surface area contributed by atoms with Gasteiger partial charge >= 0.3 is 0 Å². The molecule has 266 valence electrons. The number of para-hydroxylation sites is 3. The van der Waals surface area contributed by atoms with E-state index in [1.54, 1.807) is 0 Å². The van der Waals surface area contributed by atoms with Gasteiger partial charge in [0.15, 0.2) is 17.5 Å². The summed E-state index contributed by atoms with van der Waals surface area (Å²) in [6.45, 7) is 0. The van der Waals surface area contributed by atoms with Crippen molar-refractivity contribution in [1.29, 1.82) is 0 Å². The van der Waals surface area contributed by atoms with Crippen molar-refractivity contribution in [3.63, 3.8) is 0 Å². The fourth-order valence-electron chi connectivity index (χ4n) is 8.32. The van der Waals surface area contributed by atoms with Crippen LogP contribution in [0, 0.1) is 0 Å².